The number of carbonyl (C=O) groups is 3. The van der Waals surface area contributed by atoms with E-state index < -0.39 is 130 Å². The number of carbonyl (C=O) groups excluding carboxylic acids is 3. The molecule has 0 radical (unpaired) electrons. The first kappa shape index (κ1) is 59.1. The SMILES string of the molecule is O=C(Nc1ccc2c(c1)C=C(S(=O)(=O)O)/C(=N\Nc1ccc(N=Nc3ccc(S(=O)(=O)O)cc3)cc1S(=O)(=O)O)C2=O)Nc1ccc2c(c1)C=C(S(=O)(=O)O)/C(=N/Nc1ccc(N=Nc3ccc(S(=O)(=O)O)cc3)cc1S(=O)(=O)O)C2=O. The molecule has 6 aromatic rings. The van der Waals surface area contributed by atoms with Crippen molar-refractivity contribution in [1.82, 2.24) is 0 Å². The number of benzene rings is 6. The molecule has 0 bridgehead atoms. The summed E-state index contributed by atoms with van der Waals surface area (Å²) in [5, 5.41) is 27.6. The van der Waals surface area contributed by atoms with E-state index in [1.54, 1.807) is 0 Å². The molecule has 0 unspecified atom stereocenters. The number of allylic oxidation sites excluding steroid dienone is 2. The second-order valence-electron chi connectivity index (χ2n) is 16.6. The van der Waals surface area contributed by atoms with Gasteiger partial charge in [-0.15, -0.1) is 0 Å². The lowest BCUT2D eigenvalue weighted by molar-refractivity contribution is 0.105. The van der Waals surface area contributed by atoms with Crippen LogP contribution in [0, 0.1) is 0 Å². The van der Waals surface area contributed by atoms with Crippen molar-refractivity contribution >= 4 is 147 Å². The number of anilines is 4. The van der Waals surface area contributed by atoms with Gasteiger partial charge in [0, 0.05) is 22.5 Å². The van der Waals surface area contributed by atoms with E-state index in [1.165, 1.54) is 12.1 Å². The molecule has 2 aliphatic rings. The number of hydrazone groups is 2. The van der Waals surface area contributed by atoms with E-state index in [-0.39, 0.29) is 56.4 Å². The van der Waals surface area contributed by atoms with Crippen LogP contribution in [0.4, 0.5) is 50.3 Å². The number of nitrogens with one attached hydrogen (secondary N) is 4. The van der Waals surface area contributed by atoms with Gasteiger partial charge in [0.25, 0.3) is 60.7 Å². The Hall–Kier alpha value is -8.99. The van der Waals surface area contributed by atoms with Crippen molar-refractivity contribution in [3.63, 3.8) is 0 Å². The van der Waals surface area contributed by atoms with Gasteiger partial charge in [0.05, 0.1) is 43.9 Å². The van der Waals surface area contributed by atoms with E-state index in [1.807, 2.05) is 0 Å². The predicted molar refractivity (Wildman–Crippen MR) is 289 cm³/mol. The number of azo groups is 2. The number of hydrogen-bond donors (Lipinski definition) is 10. The van der Waals surface area contributed by atoms with E-state index in [9.17, 15) is 83.1 Å². The zero-order chi connectivity index (χ0) is 59.9. The van der Waals surface area contributed by atoms with Crippen molar-refractivity contribution in [2.45, 2.75) is 19.6 Å². The minimum atomic E-state index is -5.31. The Labute approximate surface area is 462 Å². The molecular weight excluding hydrogens is 1210 g/mol. The molecule has 0 heterocycles. The molecule has 0 atom stereocenters. The van der Waals surface area contributed by atoms with Crippen LogP contribution in [-0.4, -0.2) is 107 Å². The number of amides is 2. The Balaban J connectivity index is 0.981. The first-order valence-electron chi connectivity index (χ1n) is 21.9. The zero-order valence-corrected chi connectivity index (χ0v) is 45.0. The predicted octanol–water partition coefficient (Wildman–Crippen LogP) is 6.93. The second-order valence-corrected chi connectivity index (χ2v) is 25.0. The molecule has 31 nitrogen and oxygen atoms in total. The molecule has 8 rings (SSSR count). The minimum Gasteiger partial charge on any atom is -0.308 e. The van der Waals surface area contributed by atoms with Crippen LogP contribution in [0.15, 0.2) is 181 Å². The molecule has 0 fully saturated rings. The van der Waals surface area contributed by atoms with Crippen LogP contribution >= 0.6 is 0 Å². The third-order valence-electron chi connectivity index (χ3n) is 11.0. The Morgan fingerprint density at radius 2 is 0.707 bits per heavy atom. The van der Waals surface area contributed by atoms with Gasteiger partial charge >= 0.3 is 6.03 Å². The molecule has 82 heavy (non-hydrogen) atoms. The van der Waals surface area contributed by atoms with E-state index >= 15 is 0 Å². The van der Waals surface area contributed by atoms with E-state index in [0.717, 1.165) is 121 Å². The summed E-state index contributed by atoms with van der Waals surface area (Å²) < 4.78 is 204. The maximum absolute atomic E-state index is 13.7. The first-order valence-corrected chi connectivity index (χ1v) is 30.5. The van der Waals surface area contributed by atoms with Crippen LogP contribution in [-0.2, 0) is 60.7 Å². The van der Waals surface area contributed by atoms with Gasteiger partial charge < -0.3 is 10.6 Å². The number of urea groups is 1. The molecule has 6 aromatic carbocycles. The summed E-state index contributed by atoms with van der Waals surface area (Å²) >= 11 is 0. The zero-order valence-electron chi connectivity index (χ0n) is 40.1. The third kappa shape index (κ3) is 13.8. The van der Waals surface area contributed by atoms with E-state index in [0.29, 0.717) is 0 Å². The molecule has 10 N–H and O–H groups in total. The van der Waals surface area contributed by atoms with Crippen LogP contribution in [0.2, 0.25) is 0 Å². The lowest BCUT2D eigenvalue weighted by atomic mass is 9.94. The molecule has 2 amide bonds. The summed E-state index contributed by atoms with van der Waals surface area (Å²) in [4.78, 5) is 35.8. The topological polar surface area (TPSA) is 500 Å². The summed E-state index contributed by atoms with van der Waals surface area (Å²) in [6.45, 7) is 0. The molecule has 37 heteroatoms. The smallest absolute Gasteiger partial charge is 0.308 e. The average Bonchev–Trinajstić information content (AvgIpc) is 3.57. The van der Waals surface area contributed by atoms with Gasteiger partial charge in [-0.3, -0.25) is 47.8 Å². The van der Waals surface area contributed by atoms with Gasteiger partial charge in [-0.05, 0) is 145 Å². The highest BCUT2D eigenvalue weighted by Gasteiger charge is 2.35. The van der Waals surface area contributed by atoms with Crippen LogP contribution in [0.1, 0.15) is 31.8 Å². The summed E-state index contributed by atoms with van der Waals surface area (Å²) in [6.07, 6.45) is 1.58. The number of Topliss-reactive ketones (excluding diaryl/α,β-unsaturated/α-hetero) is 2. The molecule has 0 saturated carbocycles. The van der Waals surface area contributed by atoms with Crippen LogP contribution in [0.3, 0.4) is 0 Å². The highest BCUT2D eigenvalue weighted by Crippen LogP contribution is 2.34. The lowest BCUT2D eigenvalue weighted by Gasteiger charge is -2.18. The highest BCUT2D eigenvalue weighted by atomic mass is 32.2. The van der Waals surface area contributed by atoms with Crippen molar-refractivity contribution in [1.29, 1.82) is 0 Å². The Morgan fingerprint density at radius 1 is 0.378 bits per heavy atom. The Morgan fingerprint density at radius 3 is 1.02 bits per heavy atom. The monoisotopic (exact) mass is 1240 g/mol. The van der Waals surface area contributed by atoms with Crippen molar-refractivity contribution < 1.29 is 92.2 Å². The summed E-state index contributed by atoms with van der Waals surface area (Å²) in [5.74, 6) is -2.30. The standard InChI is InChI=1S/C45H32N10O21S6/c56-43-33-13-5-27(17-23(33)19-39(81(71,72)73)41(43)54-52-35-15-7-29(21-37(35)79(65,66)67)50-48-25-1-9-31(10-2-25)77(59,60)61)46-45(58)47-28-6-14-34-24(18-28)20-40(82(74,75)76)42(44(34)57)55-53-36-16-8-30(22-38(36)80(68,69)70)51-49-26-3-11-32(12-4-26)78(62,63)64/h1-22,52-53H,(H2,46,47,58)(H,59,60,61)(H,62,63,64)(H,65,66,67)(H,68,69,70)(H,71,72,73)(H,74,75,76)/b50-48?,51-49?,54-41-,55-42+. The highest BCUT2D eigenvalue weighted by molar-refractivity contribution is 7.91. The number of hydrogen-bond acceptors (Lipinski definition) is 23. The lowest BCUT2D eigenvalue weighted by Crippen LogP contribution is -2.28. The van der Waals surface area contributed by atoms with Crippen molar-refractivity contribution in [3.05, 3.63) is 153 Å². The Kier molecular flexibility index (Phi) is 16.0. The van der Waals surface area contributed by atoms with Crippen molar-refractivity contribution in [2.24, 2.45) is 30.7 Å². The fraction of sp³-hybridized carbons (Fsp3) is 0. The van der Waals surface area contributed by atoms with Crippen LogP contribution in [0.5, 0.6) is 0 Å². The largest absolute Gasteiger partial charge is 0.323 e. The molecule has 0 aromatic heterocycles. The number of fused-ring (bicyclic) bond motifs is 2. The minimum absolute atomic E-state index is 0.0537. The van der Waals surface area contributed by atoms with Crippen molar-refractivity contribution in [3.8, 4) is 0 Å². The van der Waals surface area contributed by atoms with Gasteiger partial charge in [-0.2, -0.15) is 81.2 Å². The first-order chi connectivity index (χ1) is 38.1. The molecule has 0 saturated heterocycles. The summed E-state index contributed by atoms with van der Waals surface area (Å²) in [7, 11) is -29.9. The Bertz CT molecular complexity index is 4370. The van der Waals surface area contributed by atoms with E-state index in [4.69, 9.17) is 9.11 Å². The van der Waals surface area contributed by atoms with Crippen LogP contribution < -0.4 is 21.5 Å². The number of ketones is 2. The maximum atomic E-state index is 13.7. The molecule has 2 aliphatic carbocycles. The van der Waals surface area contributed by atoms with Gasteiger partial charge in [0.15, 0.2) is 11.4 Å². The fourth-order valence-corrected chi connectivity index (χ4v) is 10.9. The molecule has 0 spiro atoms. The molecule has 424 valence electrons. The third-order valence-corrected chi connectivity index (χ3v) is 16.3. The fourth-order valence-electron chi connectivity index (χ4n) is 7.32. The second kappa shape index (κ2) is 22.2. The average molecular weight is 1240 g/mol. The normalized spacial score (nSPS) is 15.2. The van der Waals surface area contributed by atoms with Crippen molar-refractivity contribution in [2.75, 3.05) is 21.5 Å². The van der Waals surface area contributed by atoms with Gasteiger partial charge in [-0.1, -0.05) is 0 Å². The summed E-state index contributed by atoms with van der Waals surface area (Å²) in [5.41, 5.74) is -0.0489. The van der Waals surface area contributed by atoms with Crippen LogP contribution in [0.25, 0.3) is 12.2 Å². The quantitative estimate of drug-likeness (QED) is 0.0266. The number of rotatable bonds is 16. The van der Waals surface area contributed by atoms with Gasteiger partial charge in [0.1, 0.15) is 19.6 Å². The van der Waals surface area contributed by atoms with Gasteiger partial charge in [-0.25, -0.2) is 4.79 Å². The van der Waals surface area contributed by atoms with E-state index in [2.05, 4.69) is 52.1 Å². The summed E-state index contributed by atoms with van der Waals surface area (Å²) in [6, 6.07) is 20.4. The number of nitrogens with zero attached hydrogens (tertiary/aromatic N) is 6. The molecule has 0 aliphatic heterocycles. The molecular formula is C45H32N10O21S6. The maximum Gasteiger partial charge on any atom is 0.323 e. The van der Waals surface area contributed by atoms with Gasteiger partial charge in [0.2, 0.25) is 11.6 Å².